The number of hydrogen-bond acceptors (Lipinski definition) is 4. The molecule has 0 aliphatic carbocycles. The predicted octanol–water partition coefficient (Wildman–Crippen LogP) is 5.08. The number of ketones is 1. The largest absolute Gasteiger partial charge is 0.507 e. The standard InChI is InChI=1S/C24H18BrNO4/c1-30-19-10-6-5-9-18(19)21-20(22(27)15-11-13-16(25)14-12-15)23(28)24(29)26(21)17-7-3-2-4-8-17/h2-14,21,27H,1H3/t21-/m0/s1. The van der Waals surface area contributed by atoms with E-state index >= 15 is 0 Å². The van der Waals surface area contributed by atoms with E-state index in [4.69, 9.17) is 4.74 Å². The van der Waals surface area contributed by atoms with Crippen molar-refractivity contribution in [2.24, 2.45) is 0 Å². The molecule has 1 aliphatic heterocycles. The molecule has 1 aliphatic rings. The van der Waals surface area contributed by atoms with Gasteiger partial charge >= 0.3 is 0 Å². The van der Waals surface area contributed by atoms with Crippen molar-refractivity contribution in [1.29, 1.82) is 0 Å². The van der Waals surface area contributed by atoms with Crippen LogP contribution in [0.3, 0.4) is 0 Å². The average molecular weight is 464 g/mol. The van der Waals surface area contributed by atoms with E-state index in [1.165, 1.54) is 12.0 Å². The van der Waals surface area contributed by atoms with E-state index in [2.05, 4.69) is 15.9 Å². The number of benzene rings is 3. The zero-order valence-electron chi connectivity index (χ0n) is 16.1. The fourth-order valence-corrected chi connectivity index (χ4v) is 3.90. The second-order valence-electron chi connectivity index (χ2n) is 6.75. The fourth-order valence-electron chi connectivity index (χ4n) is 3.64. The predicted molar refractivity (Wildman–Crippen MR) is 118 cm³/mol. The minimum absolute atomic E-state index is 0.0238. The Morgan fingerprint density at radius 3 is 2.23 bits per heavy atom. The number of methoxy groups -OCH3 is 1. The maximum atomic E-state index is 13.1. The first kappa shape index (κ1) is 19.9. The maximum Gasteiger partial charge on any atom is 0.300 e. The van der Waals surface area contributed by atoms with Crippen LogP contribution in [0.5, 0.6) is 5.75 Å². The number of para-hydroxylation sites is 2. The molecule has 6 heteroatoms. The third-order valence-corrected chi connectivity index (χ3v) is 5.56. The molecule has 1 heterocycles. The van der Waals surface area contributed by atoms with Gasteiger partial charge in [0.2, 0.25) is 0 Å². The van der Waals surface area contributed by atoms with Crippen molar-refractivity contribution >= 4 is 39.1 Å². The van der Waals surface area contributed by atoms with Gasteiger partial charge in [0.05, 0.1) is 18.7 Å². The minimum Gasteiger partial charge on any atom is -0.507 e. The Labute approximate surface area is 182 Å². The Kier molecular flexibility index (Phi) is 5.42. The molecule has 150 valence electrons. The van der Waals surface area contributed by atoms with Crippen LogP contribution < -0.4 is 9.64 Å². The van der Waals surface area contributed by atoms with E-state index in [9.17, 15) is 14.7 Å². The van der Waals surface area contributed by atoms with Gasteiger partial charge in [-0.25, -0.2) is 0 Å². The first-order valence-electron chi connectivity index (χ1n) is 9.28. The molecule has 0 radical (unpaired) electrons. The number of amides is 1. The van der Waals surface area contributed by atoms with Crippen LogP contribution in [0.25, 0.3) is 5.76 Å². The fraction of sp³-hybridized carbons (Fsp3) is 0.0833. The van der Waals surface area contributed by atoms with Gasteiger partial charge in [-0.05, 0) is 30.3 Å². The Balaban J connectivity index is 1.98. The molecule has 3 aromatic carbocycles. The number of nitrogens with zero attached hydrogens (tertiary/aromatic N) is 1. The first-order valence-corrected chi connectivity index (χ1v) is 10.1. The Morgan fingerprint density at radius 2 is 1.57 bits per heavy atom. The van der Waals surface area contributed by atoms with Crippen LogP contribution in [0.4, 0.5) is 5.69 Å². The highest BCUT2D eigenvalue weighted by molar-refractivity contribution is 9.10. The summed E-state index contributed by atoms with van der Waals surface area (Å²) >= 11 is 3.36. The van der Waals surface area contributed by atoms with E-state index < -0.39 is 17.7 Å². The maximum absolute atomic E-state index is 13.1. The summed E-state index contributed by atoms with van der Waals surface area (Å²) in [6.07, 6.45) is 0. The van der Waals surface area contributed by atoms with Gasteiger partial charge in [-0.2, -0.15) is 0 Å². The van der Waals surface area contributed by atoms with Gasteiger partial charge in [0.15, 0.2) is 0 Å². The topological polar surface area (TPSA) is 66.8 Å². The van der Waals surface area contributed by atoms with Crippen molar-refractivity contribution in [2.45, 2.75) is 6.04 Å². The summed E-state index contributed by atoms with van der Waals surface area (Å²) in [4.78, 5) is 27.6. The molecule has 3 aromatic rings. The lowest BCUT2D eigenvalue weighted by atomic mass is 9.94. The summed E-state index contributed by atoms with van der Waals surface area (Å²) in [5.41, 5.74) is 1.65. The second-order valence-corrected chi connectivity index (χ2v) is 7.67. The van der Waals surface area contributed by atoms with Gasteiger partial charge in [-0.15, -0.1) is 0 Å². The molecular weight excluding hydrogens is 446 g/mol. The lowest BCUT2D eigenvalue weighted by Crippen LogP contribution is -2.29. The molecule has 1 atom stereocenters. The monoisotopic (exact) mass is 463 g/mol. The van der Waals surface area contributed by atoms with E-state index in [0.717, 1.165) is 4.47 Å². The molecular formula is C24H18BrNO4. The number of Topliss-reactive ketones (excluding diaryl/α,β-unsaturated/α-hetero) is 1. The van der Waals surface area contributed by atoms with Crippen molar-refractivity contribution in [1.82, 2.24) is 0 Å². The highest BCUT2D eigenvalue weighted by Crippen LogP contribution is 2.44. The van der Waals surface area contributed by atoms with Crippen molar-refractivity contribution in [3.05, 3.63) is 100 Å². The Morgan fingerprint density at radius 1 is 0.933 bits per heavy atom. The van der Waals surface area contributed by atoms with Crippen LogP contribution in [0.15, 0.2) is 88.9 Å². The van der Waals surface area contributed by atoms with Crippen molar-refractivity contribution in [3.8, 4) is 5.75 Å². The van der Waals surface area contributed by atoms with E-state index in [1.54, 1.807) is 60.7 Å². The van der Waals surface area contributed by atoms with Crippen LogP contribution in [0.2, 0.25) is 0 Å². The second kappa shape index (κ2) is 8.16. The van der Waals surface area contributed by atoms with Gasteiger partial charge in [0, 0.05) is 21.3 Å². The van der Waals surface area contributed by atoms with Crippen LogP contribution in [-0.4, -0.2) is 23.9 Å². The quantitative estimate of drug-likeness (QED) is 0.332. The third kappa shape index (κ3) is 3.39. The Bertz CT molecular complexity index is 1140. The molecule has 4 rings (SSSR count). The van der Waals surface area contributed by atoms with E-state index in [-0.39, 0.29) is 11.3 Å². The summed E-state index contributed by atoms with van der Waals surface area (Å²) in [6.45, 7) is 0. The highest BCUT2D eigenvalue weighted by atomic mass is 79.9. The minimum atomic E-state index is -0.827. The van der Waals surface area contributed by atoms with Gasteiger partial charge in [0.25, 0.3) is 11.7 Å². The molecule has 5 nitrogen and oxygen atoms in total. The molecule has 1 saturated heterocycles. The Hall–Kier alpha value is -3.38. The highest BCUT2D eigenvalue weighted by Gasteiger charge is 2.47. The summed E-state index contributed by atoms with van der Waals surface area (Å²) in [6, 6.07) is 22.2. The molecule has 0 unspecified atom stereocenters. The molecule has 0 bridgehead atoms. The molecule has 30 heavy (non-hydrogen) atoms. The van der Waals surface area contributed by atoms with E-state index in [0.29, 0.717) is 22.6 Å². The lowest BCUT2D eigenvalue weighted by Gasteiger charge is -2.26. The number of aliphatic hydroxyl groups excluding tert-OH is 1. The molecule has 1 amide bonds. The number of anilines is 1. The third-order valence-electron chi connectivity index (χ3n) is 5.03. The molecule has 0 aromatic heterocycles. The lowest BCUT2D eigenvalue weighted by molar-refractivity contribution is -0.132. The van der Waals surface area contributed by atoms with Crippen LogP contribution in [0.1, 0.15) is 17.2 Å². The number of rotatable bonds is 4. The average Bonchev–Trinajstić information content (AvgIpc) is 3.04. The summed E-state index contributed by atoms with van der Waals surface area (Å²) < 4.78 is 6.34. The first-order chi connectivity index (χ1) is 14.5. The van der Waals surface area contributed by atoms with Crippen LogP contribution >= 0.6 is 15.9 Å². The summed E-state index contributed by atoms with van der Waals surface area (Å²) in [5.74, 6) is -1.15. The number of carbonyl (C=O) groups is 2. The number of carbonyl (C=O) groups excluding carboxylic acids is 2. The smallest absolute Gasteiger partial charge is 0.300 e. The SMILES string of the molecule is COc1ccccc1[C@H]1C(=C(O)c2ccc(Br)cc2)C(=O)C(=O)N1c1ccccc1. The van der Waals surface area contributed by atoms with Gasteiger partial charge in [-0.1, -0.05) is 64.5 Å². The number of ether oxygens (including phenoxy) is 1. The van der Waals surface area contributed by atoms with Gasteiger partial charge < -0.3 is 9.84 Å². The van der Waals surface area contributed by atoms with Crippen LogP contribution in [0, 0.1) is 0 Å². The summed E-state index contributed by atoms with van der Waals surface area (Å²) in [5, 5.41) is 11.1. The van der Waals surface area contributed by atoms with E-state index in [1.807, 2.05) is 18.2 Å². The van der Waals surface area contributed by atoms with Crippen molar-refractivity contribution in [2.75, 3.05) is 12.0 Å². The zero-order valence-corrected chi connectivity index (χ0v) is 17.7. The number of hydrogen-bond donors (Lipinski definition) is 1. The number of aliphatic hydroxyl groups is 1. The van der Waals surface area contributed by atoms with Crippen molar-refractivity contribution < 1.29 is 19.4 Å². The summed E-state index contributed by atoms with van der Waals surface area (Å²) in [7, 11) is 1.53. The van der Waals surface area contributed by atoms with Crippen molar-refractivity contribution in [3.63, 3.8) is 0 Å². The molecule has 1 fully saturated rings. The van der Waals surface area contributed by atoms with Crippen LogP contribution in [-0.2, 0) is 9.59 Å². The molecule has 0 spiro atoms. The zero-order chi connectivity index (χ0) is 21.3. The molecule has 1 N–H and O–H groups in total. The number of halogens is 1. The molecule has 0 saturated carbocycles. The normalized spacial score (nSPS) is 17.9. The van der Waals surface area contributed by atoms with Gasteiger partial charge in [0.1, 0.15) is 11.5 Å². The van der Waals surface area contributed by atoms with Gasteiger partial charge in [-0.3, -0.25) is 14.5 Å².